The maximum atomic E-state index is 13.5. The lowest BCUT2D eigenvalue weighted by molar-refractivity contribution is 0.0682. The molecule has 6 nitrogen and oxygen atoms in total. The molecule has 132 valence electrons. The molecule has 3 rings (SSSR count). The van der Waals surface area contributed by atoms with Gasteiger partial charge in [0.2, 0.25) is 0 Å². The van der Waals surface area contributed by atoms with Crippen molar-refractivity contribution in [2.45, 2.75) is 37.9 Å². The Balaban J connectivity index is 1.54. The van der Waals surface area contributed by atoms with Gasteiger partial charge in [0.1, 0.15) is 18.2 Å². The molecular weight excluding hydrogens is 315 g/mol. The summed E-state index contributed by atoms with van der Waals surface area (Å²) in [5, 5.41) is 5.38. The molecule has 2 heterocycles. The zero-order valence-electron chi connectivity index (χ0n) is 13.6. The number of hydrogen-bond acceptors (Lipinski definition) is 4. The average Bonchev–Trinajstić information content (AvgIpc) is 3.26. The fourth-order valence-electron chi connectivity index (χ4n) is 2.86. The van der Waals surface area contributed by atoms with Crippen LogP contribution in [-0.2, 0) is 9.47 Å². The molecule has 0 unspecified atom stereocenters. The number of nitrogens with one attached hydrogen (secondary N) is 2. The van der Waals surface area contributed by atoms with Crippen molar-refractivity contribution in [2.24, 2.45) is 0 Å². The van der Waals surface area contributed by atoms with Gasteiger partial charge in [0.05, 0.1) is 17.9 Å². The molecule has 0 aliphatic carbocycles. The summed E-state index contributed by atoms with van der Waals surface area (Å²) >= 11 is 0. The summed E-state index contributed by atoms with van der Waals surface area (Å²) in [5.74, 6) is -0.00643. The van der Waals surface area contributed by atoms with E-state index in [1.54, 1.807) is 0 Å². The molecule has 1 aromatic rings. The van der Waals surface area contributed by atoms with Crippen LogP contribution in [0.4, 0.5) is 14.9 Å². The normalized spacial score (nSPS) is 23.2. The van der Waals surface area contributed by atoms with Gasteiger partial charge >= 0.3 is 6.03 Å². The molecule has 2 saturated heterocycles. The molecule has 7 heteroatoms. The Morgan fingerprint density at radius 1 is 1.21 bits per heavy atom. The van der Waals surface area contributed by atoms with E-state index in [0.717, 1.165) is 38.9 Å². The van der Waals surface area contributed by atoms with Crippen molar-refractivity contribution in [3.8, 4) is 5.75 Å². The monoisotopic (exact) mass is 338 g/mol. The third kappa shape index (κ3) is 4.82. The number of anilines is 1. The van der Waals surface area contributed by atoms with E-state index >= 15 is 0 Å². The highest BCUT2D eigenvalue weighted by Crippen LogP contribution is 2.26. The minimum atomic E-state index is -0.436. The quantitative estimate of drug-likeness (QED) is 0.837. The number of ether oxygens (including phenoxy) is 3. The molecule has 1 aromatic carbocycles. The fraction of sp³-hybridized carbons (Fsp3) is 0.588. The number of carbonyl (C=O) groups is 1. The first-order valence-corrected chi connectivity index (χ1v) is 8.41. The number of urea groups is 1. The first kappa shape index (κ1) is 17.0. The molecular formula is C17H23FN2O4. The van der Waals surface area contributed by atoms with Crippen LogP contribution >= 0.6 is 0 Å². The van der Waals surface area contributed by atoms with Crippen molar-refractivity contribution in [3.63, 3.8) is 0 Å². The third-order valence-corrected chi connectivity index (χ3v) is 4.15. The summed E-state index contributed by atoms with van der Waals surface area (Å²) in [6.45, 7) is 2.30. The summed E-state index contributed by atoms with van der Waals surface area (Å²) in [5.41, 5.74) is 0.304. The zero-order chi connectivity index (χ0) is 16.8. The first-order chi connectivity index (χ1) is 11.7. The molecule has 0 radical (unpaired) electrons. The van der Waals surface area contributed by atoms with Gasteiger partial charge in [-0.15, -0.1) is 0 Å². The van der Waals surface area contributed by atoms with E-state index in [4.69, 9.17) is 14.2 Å². The van der Waals surface area contributed by atoms with Crippen LogP contribution in [0.5, 0.6) is 5.75 Å². The molecule has 0 saturated carbocycles. The molecule has 0 bridgehead atoms. The average molecular weight is 338 g/mol. The summed E-state index contributed by atoms with van der Waals surface area (Å²) in [7, 11) is 0. The van der Waals surface area contributed by atoms with Crippen molar-refractivity contribution in [1.29, 1.82) is 0 Å². The van der Waals surface area contributed by atoms with Crippen LogP contribution in [0.25, 0.3) is 0 Å². The van der Waals surface area contributed by atoms with Crippen LogP contribution in [0.1, 0.15) is 25.7 Å². The molecule has 0 aromatic heterocycles. The summed E-state index contributed by atoms with van der Waals surface area (Å²) in [6, 6.07) is 3.66. The van der Waals surface area contributed by atoms with E-state index in [-0.39, 0.29) is 12.2 Å². The summed E-state index contributed by atoms with van der Waals surface area (Å²) < 4.78 is 30.1. The number of benzene rings is 1. The predicted molar refractivity (Wildman–Crippen MR) is 86.9 cm³/mol. The molecule has 0 spiro atoms. The molecule has 2 atom stereocenters. The Morgan fingerprint density at radius 3 is 2.67 bits per heavy atom. The van der Waals surface area contributed by atoms with Crippen LogP contribution in [0.15, 0.2) is 18.2 Å². The van der Waals surface area contributed by atoms with Gasteiger partial charge in [0, 0.05) is 25.8 Å². The van der Waals surface area contributed by atoms with Crippen LogP contribution in [0.3, 0.4) is 0 Å². The van der Waals surface area contributed by atoms with E-state index in [0.29, 0.717) is 24.6 Å². The van der Waals surface area contributed by atoms with E-state index in [1.807, 2.05) is 0 Å². The van der Waals surface area contributed by atoms with E-state index in [9.17, 15) is 9.18 Å². The van der Waals surface area contributed by atoms with Gasteiger partial charge in [-0.05, 0) is 37.8 Å². The molecule has 2 fully saturated rings. The van der Waals surface area contributed by atoms with E-state index in [2.05, 4.69) is 10.6 Å². The lowest BCUT2D eigenvalue weighted by atomic mass is 10.2. The van der Waals surface area contributed by atoms with Crippen molar-refractivity contribution in [2.75, 3.05) is 31.7 Å². The van der Waals surface area contributed by atoms with Crippen LogP contribution in [-0.4, -0.2) is 44.6 Å². The number of rotatable bonds is 6. The standard InChI is InChI=1S/C17H23FN2O4/c18-12-5-6-16(24-11-14-4-2-8-23-14)15(9-12)20-17(21)19-10-13-3-1-7-22-13/h5-6,9,13-14H,1-4,7-8,10-11H2,(H2,19,20,21)/t13-,14+/m0/s1. The van der Waals surface area contributed by atoms with Gasteiger partial charge in [-0.2, -0.15) is 0 Å². The minimum absolute atomic E-state index is 0.0521. The maximum Gasteiger partial charge on any atom is 0.319 e. The molecule has 2 amide bonds. The molecule has 24 heavy (non-hydrogen) atoms. The van der Waals surface area contributed by atoms with E-state index in [1.165, 1.54) is 18.2 Å². The number of halogens is 1. The van der Waals surface area contributed by atoms with Gasteiger partial charge in [0.25, 0.3) is 0 Å². The second-order valence-electron chi connectivity index (χ2n) is 6.06. The largest absolute Gasteiger partial charge is 0.489 e. The highest BCUT2D eigenvalue weighted by Gasteiger charge is 2.19. The van der Waals surface area contributed by atoms with Crippen LogP contribution in [0.2, 0.25) is 0 Å². The second kappa shape index (κ2) is 8.30. The molecule has 2 aliphatic rings. The Labute approximate surface area is 140 Å². The van der Waals surface area contributed by atoms with Crippen molar-refractivity contribution in [1.82, 2.24) is 5.32 Å². The zero-order valence-corrected chi connectivity index (χ0v) is 13.6. The van der Waals surface area contributed by atoms with Gasteiger partial charge in [-0.3, -0.25) is 0 Å². The second-order valence-corrected chi connectivity index (χ2v) is 6.06. The van der Waals surface area contributed by atoms with Gasteiger partial charge in [-0.25, -0.2) is 9.18 Å². The topological polar surface area (TPSA) is 68.8 Å². The minimum Gasteiger partial charge on any atom is -0.489 e. The fourth-order valence-corrected chi connectivity index (χ4v) is 2.86. The van der Waals surface area contributed by atoms with Gasteiger partial charge in [0.15, 0.2) is 0 Å². The Hall–Kier alpha value is -1.86. The highest BCUT2D eigenvalue weighted by molar-refractivity contribution is 5.90. The van der Waals surface area contributed by atoms with Gasteiger partial charge < -0.3 is 24.8 Å². The highest BCUT2D eigenvalue weighted by atomic mass is 19.1. The predicted octanol–water partition coefficient (Wildman–Crippen LogP) is 2.68. The lowest BCUT2D eigenvalue weighted by Gasteiger charge is -2.16. The Kier molecular flexibility index (Phi) is 5.87. The van der Waals surface area contributed by atoms with Crippen molar-refractivity contribution < 1.29 is 23.4 Å². The smallest absolute Gasteiger partial charge is 0.319 e. The number of hydrogen-bond donors (Lipinski definition) is 2. The lowest BCUT2D eigenvalue weighted by Crippen LogP contribution is -2.35. The van der Waals surface area contributed by atoms with Crippen molar-refractivity contribution >= 4 is 11.7 Å². The summed E-state index contributed by atoms with van der Waals surface area (Å²) in [4.78, 5) is 12.0. The van der Waals surface area contributed by atoms with Crippen LogP contribution < -0.4 is 15.4 Å². The molecule has 2 aliphatic heterocycles. The SMILES string of the molecule is O=C(NC[C@@H]1CCCO1)Nc1cc(F)ccc1OC[C@H]1CCCO1. The summed E-state index contributed by atoms with van der Waals surface area (Å²) in [6.07, 6.45) is 4.03. The maximum absolute atomic E-state index is 13.5. The Morgan fingerprint density at radius 2 is 1.96 bits per heavy atom. The third-order valence-electron chi connectivity index (χ3n) is 4.15. The van der Waals surface area contributed by atoms with Gasteiger partial charge in [-0.1, -0.05) is 0 Å². The van der Waals surface area contributed by atoms with Crippen LogP contribution in [0, 0.1) is 5.82 Å². The molecule has 2 N–H and O–H groups in total. The number of amides is 2. The first-order valence-electron chi connectivity index (χ1n) is 8.41. The van der Waals surface area contributed by atoms with E-state index < -0.39 is 11.8 Å². The number of carbonyl (C=O) groups excluding carboxylic acids is 1. The Bertz CT molecular complexity index is 558. The van der Waals surface area contributed by atoms with Crippen molar-refractivity contribution in [3.05, 3.63) is 24.0 Å².